The Bertz CT molecular complexity index is 740. The van der Waals surface area contributed by atoms with Crippen LogP contribution in [-0.4, -0.2) is 36.5 Å². The molecular weight excluding hydrogens is 324 g/mol. The monoisotopic (exact) mass is 342 g/mol. The first kappa shape index (κ1) is 15.5. The highest BCUT2D eigenvalue weighted by molar-refractivity contribution is 6.31. The Labute approximate surface area is 146 Å². The first-order chi connectivity index (χ1) is 11.7. The van der Waals surface area contributed by atoms with Crippen LogP contribution in [0.15, 0.2) is 48.5 Å². The third kappa shape index (κ3) is 2.76. The van der Waals surface area contributed by atoms with Gasteiger partial charge in [-0.25, -0.2) is 0 Å². The molecule has 1 saturated heterocycles. The highest BCUT2D eigenvalue weighted by atomic mass is 35.5. The largest absolute Gasteiger partial charge is 0.480 e. The first-order valence-corrected chi connectivity index (χ1v) is 8.62. The number of para-hydroxylation sites is 1. The number of carbonyl (C=O) groups excluding carboxylic acids is 1. The summed E-state index contributed by atoms with van der Waals surface area (Å²) in [6, 6.07) is 15.5. The SMILES string of the molecule is O=C(C1Cc2ccccc2O1)N1CCNCC1c1ccccc1Cl. The van der Waals surface area contributed by atoms with Crippen LogP contribution in [-0.2, 0) is 11.2 Å². The van der Waals surface area contributed by atoms with Gasteiger partial charge in [-0.2, -0.15) is 0 Å². The van der Waals surface area contributed by atoms with E-state index in [1.54, 1.807) is 0 Å². The summed E-state index contributed by atoms with van der Waals surface area (Å²) in [5.74, 6) is 0.859. The van der Waals surface area contributed by atoms with Gasteiger partial charge in [-0.05, 0) is 23.3 Å². The summed E-state index contributed by atoms with van der Waals surface area (Å²) in [6.07, 6.45) is 0.194. The van der Waals surface area contributed by atoms with Crippen molar-refractivity contribution in [3.63, 3.8) is 0 Å². The van der Waals surface area contributed by atoms with Crippen LogP contribution in [0.1, 0.15) is 17.2 Å². The van der Waals surface area contributed by atoms with Gasteiger partial charge in [-0.3, -0.25) is 4.79 Å². The number of hydrogen-bond donors (Lipinski definition) is 1. The van der Waals surface area contributed by atoms with Gasteiger partial charge in [-0.1, -0.05) is 48.0 Å². The predicted molar refractivity (Wildman–Crippen MR) is 93.3 cm³/mol. The lowest BCUT2D eigenvalue weighted by Gasteiger charge is -2.38. The molecule has 2 aliphatic heterocycles. The Morgan fingerprint density at radius 2 is 1.96 bits per heavy atom. The molecule has 1 fully saturated rings. The lowest BCUT2D eigenvalue weighted by Crippen LogP contribution is -2.52. The second-order valence-electron chi connectivity index (χ2n) is 6.19. The number of carbonyl (C=O) groups is 1. The highest BCUT2D eigenvalue weighted by Crippen LogP contribution is 2.33. The number of rotatable bonds is 2. The van der Waals surface area contributed by atoms with Gasteiger partial charge in [0.2, 0.25) is 0 Å². The van der Waals surface area contributed by atoms with E-state index in [1.807, 2.05) is 53.4 Å². The second-order valence-corrected chi connectivity index (χ2v) is 6.60. The van der Waals surface area contributed by atoms with E-state index >= 15 is 0 Å². The molecule has 2 heterocycles. The van der Waals surface area contributed by atoms with Gasteiger partial charge < -0.3 is 15.0 Å². The average molecular weight is 343 g/mol. The van der Waals surface area contributed by atoms with Crippen molar-refractivity contribution in [2.45, 2.75) is 18.6 Å². The lowest BCUT2D eigenvalue weighted by atomic mass is 10.0. The molecule has 0 saturated carbocycles. The molecule has 2 aromatic carbocycles. The third-order valence-electron chi connectivity index (χ3n) is 4.71. The van der Waals surface area contributed by atoms with Gasteiger partial charge in [0.1, 0.15) is 5.75 Å². The molecule has 0 aliphatic carbocycles. The van der Waals surface area contributed by atoms with Gasteiger partial charge in [-0.15, -0.1) is 0 Å². The summed E-state index contributed by atoms with van der Waals surface area (Å²) in [5, 5.41) is 4.05. The summed E-state index contributed by atoms with van der Waals surface area (Å²) < 4.78 is 5.89. The van der Waals surface area contributed by atoms with Crippen molar-refractivity contribution in [2.24, 2.45) is 0 Å². The summed E-state index contributed by atoms with van der Waals surface area (Å²) in [4.78, 5) is 15.0. The zero-order chi connectivity index (χ0) is 16.5. The molecule has 1 amide bonds. The number of halogens is 1. The predicted octanol–water partition coefficient (Wildman–Crippen LogP) is 2.82. The van der Waals surface area contributed by atoms with E-state index < -0.39 is 6.10 Å². The molecule has 2 aliphatic rings. The molecule has 0 radical (unpaired) electrons. The van der Waals surface area contributed by atoms with Crippen molar-refractivity contribution in [2.75, 3.05) is 19.6 Å². The minimum Gasteiger partial charge on any atom is -0.480 e. The van der Waals surface area contributed by atoms with E-state index in [2.05, 4.69) is 5.32 Å². The third-order valence-corrected chi connectivity index (χ3v) is 5.06. The molecular formula is C19H19ClN2O2. The maximum atomic E-state index is 13.1. The molecule has 2 atom stereocenters. The topological polar surface area (TPSA) is 41.6 Å². The molecule has 2 unspecified atom stereocenters. The number of piperazine rings is 1. The zero-order valence-electron chi connectivity index (χ0n) is 13.2. The summed E-state index contributed by atoms with van der Waals surface area (Å²) in [6.45, 7) is 2.15. The number of hydrogen-bond acceptors (Lipinski definition) is 3. The molecule has 0 bridgehead atoms. The quantitative estimate of drug-likeness (QED) is 0.912. The molecule has 24 heavy (non-hydrogen) atoms. The molecule has 4 rings (SSSR count). The van der Waals surface area contributed by atoms with Crippen LogP contribution in [0.5, 0.6) is 5.75 Å². The standard InChI is InChI=1S/C19H19ClN2O2/c20-15-7-3-2-6-14(15)16-12-21-9-10-22(16)19(23)18-11-13-5-1-4-8-17(13)24-18/h1-8,16,18,21H,9-12H2. The number of amides is 1. The molecule has 0 aromatic heterocycles. The molecule has 1 N–H and O–H groups in total. The fourth-order valence-corrected chi connectivity index (χ4v) is 3.76. The summed E-state index contributed by atoms with van der Waals surface area (Å²) in [5.41, 5.74) is 2.08. The Kier molecular flexibility index (Phi) is 4.17. The van der Waals surface area contributed by atoms with Crippen LogP contribution in [0.25, 0.3) is 0 Å². The van der Waals surface area contributed by atoms with E-state index in [-0.39, 0.29) is 11.9 Å². The highest BCUT2D eigenvalue weighted by Gasteiger charge is 2.37. The fraction of sp³-hybridized carbons (Fsp3) is 0.316. The molecule has 2 aromatic rings. The smallest absolute Gasteiger partial charge is 0.264 e. The fourth-order valence-electron chi connectivity index (χ4n) is 3.50. The van der Waals surface area contributed by atoms with E-state index in [1.165, 1.54) is 0 Å². The van der Waals surface area contributed by atoms with Crippen LogP contribution in [0, 0.1) is 0 Å². The van der Waals surface area contributed by atoms with E-state index in [0.717, 1.165) is 23.4 Å². The maximum Gasteiger partial charge on any atom is 0.264 e. The van der Waals surface area contributed by atoms with Crippen molar-refractivity contribution in [1.29, 1.82) is 0 Å². The zero-order valence-corrected chi connectivity index (χ0v) is 14.0. The maximum absolute atomic E-state index is 13.1. The number of fused-ring (bicyclic) bond motifs is 1. The summed E-state index contributed by atoms with van der Waals surface area (Å²) >= 11 is 6.36. The van der Waals surface area contributed by atoms with Crippen molar-refractivity contribution >= 4 is 17.5 Å². The van der Waals surface area contributed by atoms with Gasteiger partial charge in [0.05, 0.1) is 6.04 Å². The van der Waals surface area contributed by atoms with Gasteiger partial charge in [0, 0.05) is 31.1 Å². The van der Waals surface area contributed by atoms with Crippen LogP contribution in [0.2, 0.25) is 5.02 Å². The number of ether oxygens (including phenoxy) is 1. The molecule has 0 spiro atoms. The summed E-state index contributed by atoms with van der Waals surface area (Å²) in [7, 11) is 0. The molecule has 5 heteroatoms. The lowest BCUT2D eigenvalue weighted by molar-refractivity contribution is -0.141. The number of nitrogens with one attached hydrogen (secondary N) is 1. The normalized spacial score (nSPS) is 22.8. The number of benzene rings is 2. The van der Waals surface area contributed by atoms with Crippen molar-refractivity contribution in [3.05, 3.63) is 64.7 Å². The Morgan fingerprint density at radius 1 is 1.17 bits per heavy atom. The van der Waals surface area contributed by atoms with E-state index in [4.69, 9.17) is 16.3 Å². The van der Waals surface area contributed by atoms with Gasteiger partial charge in [0.15, 0.2) is 6.10 Å². The second kappa shape index (κ2) is 6.46. The average Bonchev–Trinajstić information content (AvgIpc) is 3.06. The van der Waals surface area contributed by atoms with Crippen LogP contribution in [0.4, 0.5) is 0 Å². The van der Waals surface area contributed by atoms with Crippen LogP contribution >= 0.6 is 11.6 Å². The van der Waals surface area contributed by atoms with Crippen molar-refractivity contribution in [3.8, 4) is 5.75 Å². The van der Waals surface area contributed by atoms with Crippen molar-refractivity contribution in [1.82, 2.24) is 10.2 Å². The minimum absolute atomic E-state index is 0.0395. The van der Waals surface area contributed by atoms with Gasteiger partial charge in [0.25, 0.3) is 5.91 Å². The first-order valence-electron chi connectivity index (χ1n) is 8.24. The van der Waals surface area contributed by atoms with E-state index in [9.17, 15) is 4.79 Å². The molecule has 124 valence electrons. The van der Waals surface area contributed by atoms with E-state index in [0.29, 0.717) is 24.5 Å². The minimum atomic E-state index is -0.439. The van der Waals surface area contributed by atoms with Crippen molar-refractivity contribution < 1.29 is 9.53 Å². The Morgan fingerprint density at radius 3 is 2.79 bits per heavy atom. The Hall–Kier alpha value is -2.04. The Balaban J connectivity index is 1.58. The van der Waals surface area contributed by atoms with Gasteiger partial charge >= 0.3 is 0 Å². The van der Waals surface area contributed by atoms with Crippen LogP contribution < -0.4 is 10.1 Å². The van der Waals surface area contributed by atoms with Crippen LogP contribution in [0.3, 0.4) is 0 Å². The molecule has 4 nitrogen and oxygen atoms in total. The number of nitrogens with zero attached hydrogens (tertiary/aromatic N) is 1.